The van der Waals surface area contributed by atoms with Gasteiger partial charge in [0.1, 0.15) is 18.5 Å². The minimum atomic E-state index is -3.05. The van der Waals surface area contributed by atoms with Crippen molar-refractivity contribution in [3.63, 3.8) is 0 Å². The molecule has 4 rings (SSSR count). The summed E-state index contributed by atoms with van der Waals surface area (Å²) in [7, 11) is -3.05. The Morgan fingerprint density at radius 3 is 2.96 bits per heavy atom. The molecule has 2 atom stereocenters. The molecule has 126 valence electrons. The molecule has 0 N–H and O–H groups in total. The smallest absolute Gasteiger partial charge is 0.165 e. The third-order valence-electron chi connectivity index (χ3n) is 4.88. The second-order valence-corrected chi connectivity index (χ2v) is 8.59. The van der Waals surface area contributed by atoms with Crippen LogP contribution in [0.5, 0.6) is 11.5 Å². The average molecular weight is 339 g/mol. The predicted octanol–water partition coefficient (Wildman–Crippen LogP) is 0.846. The van der Waals surface area contributed by atoms with Crippen molar-refractivity contribution >= 4 is 9.84 Å². The van der Waals surface area contributed by atoms with Crippen LogP contribution in [0.4, 0.5) is 0 Å². The summed E-state index contributed by atoms with van der Waals surface area (Å²) in [6.45, 7) is 3.31. The Morgan fingerprint density at radius 1 is 1.17 bits per heavy atom. The summed E-state index contributed by atoms with van der Waals surface area (Å²) in [5.41, 5.74) is 1.06. The maximum atomic E-state index is 12.3. The highest BCUT2D eigenvalue weighted by atomic mass is 32.2. The first-order chi connectivity index (χ1) is 11.1. The lowest BCUT2D eigenvalue weighted by atomic mass is 10.0. The summed E-state index contributed by atoms with van der Waals surface area (Å²) >= 11 is 0. The number of fused-ring (bicyclic) bond motifs is 2. The lowest BCUT2D eigenvalue weighted by Crippen LogP contribution is -2.58. The van der Waals surface area contributed by atoms with Crippen LogP contribution >= 0.6 is 0 Å². The number of rotatable bonds is 2. The van der Waals surface area contributed by atoms with Gasteiger partial charge in [0.05, 0.1) is 12.4 Å². The van der Waals surface area contributed by atoms with Gasteiger partial charge in [-0.1, -0.05) is 12.1 Å². The molecule has 2 fully saturated rings. The molecule has 0 spiro atoms. The van der Waals surface area contributed by atoms with E-state index in [1.54, 1.807) is 0 Å². The zero-order valence-electron chi connectivity index (χ0n) is 12.9. The second-order valence-electron chi connectivity index (χ2n) is 6.25. The van der Waals surface area contributed by atoms with Gasteiger partial charge in [0.2, 0.25) is 0 Å². The molecule has 2 saturated heterocycles. The van der Waals surface area contributed by atoms with Crippen molar-refractivity contribution in [1.82, 2.24) is 4.90 Å². The van der Waals surface area contributed by atoms with Crippen LogP contribution in [0.25, 0.3) is 0 Å². The second kappa shape index (κ2) is 5.96. The molecule has 0 saturated carbocycles. The number of benzene rings is 1. The third-order valence-corrected chi connectivity index (χ3v) is 7.01. The van der Waals surface area contributed by atoms with Gasteiger partial charge in [0.25, 0.3) is 0 Å². The van der Waals surface area contributed by atoms with E-state index in [4.69, 9.17) is 14.2 Å². The van der Waals surface area contributed by atoms with Gasteiger partial charge in [0.15, 0.2) is 21.3 Å². The molecule has 0 aromatic heterocycles. The van der Waals surface area contributed by atoms with Crippen molar-refractivity contribution in [2.75, 3.05) is 38.7 Å². The Hall–Kier alpha value is -1.31. The SMILES string of the molecule is O=S1(=O)CCN(Cc2cccc3c2OCCO3)[C@@H]2CCOC[C@H]21. The molecule has 3 heterocycles. The third kappa shape index (κ3) is 2.81. The molecular formula is C16H21NO5S. The number of hydrogen-bond acceptors (Lipinski definition) is 6. The van der Waals surface area contributed by atoms with Crippen LogP contribution in [0.1, 0.15) is 12.0 Å². The van der Waals surface area contributed by atoms with Gasteiger partial charge in [-0.25, -0.2) is 8.42 Å². The summed E-state index contributed by atoms with van der Waals surface area (Å²) < 4.78 is 41.4. The number of para-hydroxylation sites is 1. The Balaban J connectivity index is 1.59. The zero-order chi connectivity index (χ0) is 15.9. The van der Waals surface area contributed by atoms with Crippen LogP contribution in [0.2, 0.25) is 0 Å². The Bertz CT molecular complexity index is 690. The van der Waals surface area contributed by atoms with Crippen molar-refractivity contribution in [2.45, 2.75) is 24.3 Å². The highest BCUT2D eigenvalue weighted by molar-refractivity contribution is 7.92. The topological polar surface area (TPSA) is 65.1 Å². The summed E-state index contributed by atoms with van der Waals surface area (Å²) in [6.07, 6.45) is 0.760. The summed E-state index contributed by atoms with van der Waals surface area (Å²) in [6, 6.07) is 5.94. The molecule has 6 nitrogen and oxygen atoms in total. The zero-order valence-corrected chi connectivity index (χ0v) is 13.8. The molecule has 3 aliphatic rings. The van der Waals surface area contributed by atoms with Gasteiger partial charge in [-0.3, -0.25) is 4.90 Å². The lowest BCUT2D eigenvalue weighted by Gasteiger charge is -2.43. The van der Waals surface area contributed by atoms with Crippen molar-refractivity contribution < 1.29 is 22.6 Å². The van der Waals surface area contributed by atoms with Crippen molar-refractivity contribution in [2.24, 2.45) is 0 Å². The van der Waals surface area contributed by atoms with E-state index in [1.807, 2.05) is 18.2 Å². The minimum Gasteiger partial charge on any atom is -0.486 e. The summed E-state index contributed by atoms with van der Waals surface area (Å²) in [5, 5.41) is -0.401. The monoisotopic (exact) mass is 339 g/mol. The number of sulfone groups is 1. The van der Waals surface area contributed by atoms with Crippen molar-refractivity contribution in [3.8, 4) is 11.5 Å². The number of nitrogens with zero attached hydrogens (tertiary/aromatic N) is 1. The summed E-state index contributed by atoms with van der Waals surface area (Å²) in [4.78, 5) is 2.27. The molecule has 0 bridgehead atoms. The van der Waals surface area contributed by atoms with Crippen molar-refractivity contribution in [3.05, 3.63) is 23.8 Å². The quantitative estimate of drug-likeness (QED) is 0.796. The first-order valence-electron chi connectivity index (χ1n) is 8.06. The molecule has 0 aliphatic carbocycles. The molecule has 0 unspecified atom stereocenters. The van der Waals surface area contributed by atoms with E-state index in [9.17, 15) is 8.42 Å². The lowest BCUT2D eigenvalue weighted by molar-refractivity contribution is 0.0308. The largest absolute Gasteiger partial charge is 0.486 e. The highest BCUT2D eigenvalue weighted by Gasteiger charge is 2.43. The van der Waals surface area contributed by atoms with Gasteiger partial charge < -0.3 is 14.2 Å². The normalized spacial score (nSPS) is 29.7. The van der Waals surface area contributed by atoms with Crippen LogP contribution in [0.3, 0.4) is 0 Å². The Kier molecular flexibility index (Phi) is 3.95. The van der Waals surface area contributed by atoms with E-state index < -0.39 is 15.1 Å². The van der Waals surface area contributed by atoms with Gasteiger partial charge in [-0.15, -0.1) is 0 Å². The van der Waals surface area contributed by atoms with E-state index in [1.165, 1.54) is 0 Å². The Morgan fingerprint density at radius 2 is 2.04 bits per heavy atom. The number of ether oxygens (including phenoxy) is 3. The minimum absolute atomic E-state index is 0.0304. The maximum absolute atomic E-state index is 12.3. The molecule has 0 radical (unpaired) electrons. The fourth-order valence-electron chi connectivity index (χ4n) is 3.70. The highest BCUT2D eigenvalue weighted by Crippen LogP contribution is 2.36. The number of hydrogen-bond donors (Lipinski definition) is 0. The van der Waals surface area contributed by atoms with E-state index >= 15 is 0 Å². The molecule has 1 aromatic rings. The predicted molar refractivity (Wildman–Crippen MR) is 84.6 cm³/mol. The maximum Gasteiger partial charge on any atom is 0.165 e. The van der Waals surface area contributed by atoms with Crippen LogP contribution in [0.15, 0.2) is 18.2 Å². The molecule has 0 amide bonds. The first kappa shape index (κ1) is 15.2. The van der Waals surface area contributed by atoms with Crippen molar-refractivity contribution in [1.29, 1.82) is 0 Å². The van der Waals surface area contributed by atoms with Gasteiger partial charge in [-0.2, -0.15) is 0 Å². The Labute approximate surface area is 136 Å². The van der Waals surface area contributed by atoms with Crippen LogP contribution < -0.4 is 9.47 Å². The van der Waals surface area contributed by atoms with E-state index in [2.05, 4.69) is 4.90 Å². The van der Waals surface area contributed by atoms with Gasteiger partial charge in [0, 0.05) is 31.3 Å². The van der Waals surface area contributed by atoms with E-state index in [0.717, 1.165) is 23.5 Å². The van der Waals surface area contributed by atoms with Crippen LogP contribution in [-0.2, 0) is 21.1 Å². The van der Waals surface area contributed by atoms with Gasteiger partial charge in [-0.05, 0) is 12.5 Å². The fourth-order valence-corrected chi connectivity index (χ4v) is 5.58. The van der Waals surface area contributed by atoms with Crippen LogP contribution in [-0.4, -0.2) is 63.3 Å². The first-order valence-corrected chi connectivity index (χ1v) is 9.77. The van der Waals surface area contributed by atoms with E-state index in [0.29, 0.717) is 39.5 Å². The fraction of sp³-hybridized carbons (Fsp3) is 0.625. The molecular weight excluding hydrogens is 318 g/mol. The van der Waals surface area contributed by atoms with Gasteiger partial charge >= 0.3 is 0 Å². The van der Waals surface area contributed by atoms with E-state index in [-0.39, 0.29) is 11.8 Å². The van der Waals surface area contributed by atoms with Crippen LogP contribution in [0, 0.1) is 0 Å². The standard InChI is InChI=1S/C16H21NO5S/c18-23(19)9-5-17(13-4-6-20-11-15(13)23)10-12-2-1-3-14-16(12)22-8-7-21-14/h1-3,13,15H,4-11H2/t13-,15-/m1/s1. The molecule has 23 heavy (non-hydrogen) atoms. The molecule has 3 aliphatic heterocycles. The molecule has 7 heteroatoms. The summed E-state index contributed by atoms with van der Waals surface area (Å²) in [5.74, 6) is 1.78. The molecule has 1 aromatic carbocycles. The average Bonchev–Trinajstić information content (AvgIpc) is 2.58.